The van der Waals surface area contributed by atoms with E-state index in [0.29, 0.717) is 24.9 Å². The molecular weight excluding hydrogens is 224 g/mol. The Morgan fingerprint density at radius 2 is 1.81 bits per heavy atom. The number of sulfonamides is 1. The van der Waals surface area contributed by atoms with Gasteiger partial charge in [0, 0.05) is 13.1 Å². The third kappa shape index (κ3) is 4.03. The van der Waals surface area contributed by atoms with Gasteiger partial charge < -0.3 is 5.32 Å². The van der Waals surface area contributed by atoms with Crippen molar-refractivity contribution in [2.45, 2.75) is 33.1 Å². The van der Waals surface area contributed by atoms with Crippen LogP contribution in [0.25, 0.3) is 0 Å². The summed E-state index contributed by atoms with van der Waals surface area (Å²) in [6.45, 7) is 6.55. The molecule has 0 aliphatic carbocycles. The van der Waals surface area contributed by atoms with Crippen LogP contribution in [-0.4, -0.2) is 45.2 Å². The summed E-state index contributed by atoms with van der Waals surface area (Å²) in [6, 6.07) is 0. The number of nitrogens with zero attached hydrogens (tertiary/aromatic N) is 1. The van der Waals surface area contributed by atoms with Crippen molar-refractivity contribution in [3.63, 3.8) is 0 Å². The van der Waals surface area contributed by atoms with Crippen molar-refractivity contribution in [1.29, 1.82) is 0 Å². The van der Waals surface area contributed by atoms with E-state index < -0.39 is 10.0 Å². The number of nitrogens with one attached hydrogen (secondary N) is 1. The van der Waals surface area contributed by atoms with Crippen molar-refractivity contribution in [3.05, 3.63) is 0 Å². The second kappa shape index (κ2) is 5.47. The molecule has 0 aromatic carbocycles. The van der Waals surface area contributed by atoms with Crippen LogP contribution in [-0.2, 0) is 10.0 Å². The fraction of sp³-hybridized carbons (Fsp3) is 1.00. The van der Waals surface area contributed by atoms with E-state index in [9.17, 15) is 8.42 Å². The smallest absolute Gasteiger partial charge is 0.214 e. The molecule has 0 atom stereocenters. The van der Waals surface area contributed by atoms with Gasteiger partial charge in [-0.1, -0.05) is 13.8 Å². The molecule has 1 fully saturated rings. The first-order valence-corrected chi connectivity index (χ1v) is 7.61. The van der Waals surface area contributed by atoms with Crippen LogP contribution in [0.15, 0.2) is 0 Å². The number of hydrogen-bond donors (Lipinski definition) is 1. The zero-order chi connectivity index (χ0) is 12.2. The minimum Gasteiger partial charge on any atom is -0.320 e. The average Bonchev–Trinajstić information content (AvgIpc) is 2.17. The monoisotopic (exact) mass is 248 g/mol. The molecule has 0 spiro atoms. The summed E-state index contributed by atoms with van der Waals surface area (Å²) in [7, 11) is -1.17. The molecule has 0 aromatic heterocycles. The highest BCUT2D eigenvalue weighted by Crippen LogP contribution is 2.30. The van der Waals surface area contributed by atoms with Crippen LogP contribution in [0.5, 0.6) is 0 Å². The standard InChI is InChI=1S/C11H24N2O2S/c1-11(2)5-8-13(9-6-11)16(14,15)10-4-7-12-3/h12H,4-10H2,1-3H3. The van der Waals surface area contributed by atoms with Crippen LogP contribution in [0, 0.1) is 5.41 Å². The van der Waals surface area contributed by atoms with Crippen molar-refractivity contribution >= 4 is 10.0 Å². The largest absolute Gasteiger partial charge is 0.320 e. The average molecular weight is 248 g/mol. The van der Waals surface area contributed by atoms with Gasteiger partial charge in [0.2, 0.25) is 10.0 Å². The van der Waals surface area contributed by atoms with Gasteiger partial charge in [-0.2, -0.15) is 0 Å². The summed E-state index contributed by atoms with van der Waals surface area (Å²) >= 11 is 0. The minimum atomic E-state index is -3.01. The highest BCUT2D eigenvalue weighted by Gasteiger charge is 2.31. The summed E-state index contributed by atoms with van der Waals surface area (Å²) in [5.74, 6) is 0.272. The first-order chi connectivity index (χ1) is 7.37. The molecule has 1 heterocycles. The van der Waals surface area contributed by atoms with Crippen LogP contribution >= 0.6 is 0 Å². The first-order valence-electron chi connectivity index (χ1n) is 6.00. The van der Waals surface area contributed by atoms with Gasteiger partial charge in [0.15, 0.2) is 0 Å². The molecule has 16 heavy (non-hydrogen) atoms. The molecule has 1 aliphatic rings. The van der Waals surface area contributed by atoms with Crippen molar-refractivity contribution in [1.82, 2.24) is 9.62 Å². The molecule has 0 saturated carbocycles. The third-order valence-electron chi connectivity index (χ3n) is 3.30. The summed E-state index contributed by atoms with van der Waals surface area (Å²) < 4.78 is 25.6. The lowest BCUT2D eigenvalue weighted by molar-refractivity contribution is 0.196. The zero-order valence-electron chi connectivity index (χ0n) is 10.6. The van der Waals surface area contributed by atoms with Gasteiger partial charge in [0.25, 0.3) is 0 Å². The molecule has 1 aliphatic heterocycles. The molecule has 0 aromatic rings. The Hall–Kier alpha value is -0.130. The zero-order valence-corrected chi connectivity index (χ0v) is 11.4. The minimum absolute atomic E-state index is 0.272. The maximum absolute atomic E-state index is 12.0. The number of piperidine rings is 1. The SMILES string of the molecule is CNCCCS(=O)(=O)N1CCC(C)(C)CC1. The molecule has 1 N–H and O–H groups in total. The van der Waals surface area contributed by atoms with E-state index >= 15 is 0 Å². The Bertz CT molecular complexity index is 302. The second-order valence-electron chi connectivity index (χ2n) is 5.34. The fourth-order valence-electron chi connectivity index (χ4n) is 1.93. The Kier molecular flexibility index (Phi) is 4.76. The summed E-state index contributed by atoms with van der Waals surface area (Å²) in [6.07, 6.45) is 2.63. The summed E-state index contributed by atoms with van der Waals surface area (Å²) in [5.41, 5.74) is 0.303. The Morgan fingerprint density at radius 1 is 1.25 bits per heavy atom. The summed E-state index contributed by atoms with van der Waals surface area (Å²) in [4.78, 5) is 0. The third-order valence-corrected chi connectivity index (χ3v) is 5.25. The molecule has 0 unspecified atom stereocenters. The van der Waals surface area contributed by atoms with Gasteiger partial charge in [-0.3, -0.25) is 0 Å². The van der Waals surface area contributed by atoms with Crippen molar-refractivity contribution < 1.29 is 8.42 Å². The van der Waals surface area contributed by atoms with Gasteiger partial charge in [-0.15, -0.1) is 0 Å². The van der Waals surface area contributed by atoms with E-state index in [2.05, 4.69) is 19.2 Å². The van der Waals surface area contributed by atoms with Crippen LogP contribution in [0.4, 0.5) is 0 Å². The van der Waals surface area contributed by atoms with Gasteiger partial charge >= 0.3 is 0 Å². The molecule has 96 valence electrons. The van der Waals surface area contributed by atoms with Crippen LogP contribution < -0.4 is 5.32 Å². The molecule has 0 bridgehead atoms. The molecule has 0 amide bonds. The predicted molar refractivity (Wildman–Crippen MR) is 66.9 cm³/mol. The molecule has 5 heteroatoms. The van der Waals surface area contributed by atoms with Gasteiger partial charge in [0.05, 0.1) is 5.75 Å². The van der Waals surface area contributed by atoms with E-state index in [-0.39, 0.29) is 5.75 Å². The van der Waals surface area contributed by atoms with Gasteiger partial charge in [-0.05, 0) is 38.3 Å². The van der Waals surface area contributed by atoms with E-state index in [1.807, 2.05) is 7.05 Å². The van der Waals surface area contributed by atoms with E-state index in [0.717, 1.165) is 19.4 Å². The van der Waals surface area contributed by atoms with Crippen LogP contribution in [0.1, 0.15) is 33.1 Å². The Labute approximate surface area is 99.5 Å². The van der Waals surface area contributed by atoms with Gasteiger partial charge in [-0.25, -0.2) is 12.7 Å². The first kappa shape index (κ1) is 13.9. The molecule has 1 saturated heterocycles. The number of hydrogen-bond acceptors (Lipinski definition) is 3. The maximum atomic E-state index is 12.0. The summed E-state index contributed by atoms with van der Waals surface area (Å²) in [5, 5.41) is 2.97. The maximum Gasteiger partial charge on any atom is 0.214 e. The Morgan fingerprint density at radius 3 is 2.31 bits per heavy atom. The molecule has 4 nitrogen and oxygen atoms in total. The quantitative estimate of drug-likeness (QED) is 0.740. The fourth-order valence-corrected chi connectivity index (χ4v) is 3.44. The topological polar surface area (TPSA) is 49.4 Å². The van der Waals surface area contributed by atoms with E-state index in [4.69, 9.17) is 0 Å². The van der Waals surface area contributed by atoms with E-state index in [1.165, 1.54) is 0 Å². The lowest BCUT2D eigenvalue weighted by Crippen LogP contribution is -2.42. The van der Waals surface area contributed by atoms with Crippen LogP contribution in [0.2, 0.25) is 0 Å². The highest BCUT2D eigenvalue weighted by molar-refractivity contribution is 7.89. The highest BCUT2D eigenvalue weighted by atomic mass is 32.2. The molecular formula is C11H24N2O2S. The van der Waals surface area contributed by atoms with Gasteiger partial charge in [0.1, 0.15) is 0 Å². The Balaban J connectivity index is 2.45. The normalized spacial score (nSPS) is 22.2. The van der Waals surface area contributed by atoms with Crippen molar-refractivity contribution in [3.8, 4) is 0 Å². The predicted octanol–water partition coefficient (Wildman–Crippen LogP) is 1.05. The second-order valence-corrected chi connectivity index (χ2v) is 7.42. The molecule has 1 rings (SSSR count). The molecule has 0 radical (unpaired) electrons. The van der Waals surface area contributed by atoms with Crippen molar-refractivity contribution in [2.24, 2.45) is 5.41 Å². The number of rotatable bonds is 5. The van der Waals surface area contributed by atoms with Crippen LogP contribution in [0.3, 0.4) is 0 Å². The van der Waals surface area contributed by atoms with E-state index in [1.54, 1.807) is 4.31 Å². The van der Waals surface area contributed by atoms with Crippen molar-refractivity contribution in [2.75, 3.05) is 32.4 Å². The lowest BCUT2D eigenvalue weighted by Gasteiger charge is -2.36. The lowest BCUT2D eigenvalue weighted by atomic mass is 9.83.